The quantitative estimate of drug-likeness (QED) is 0.632. The fourth-order valence-electron chi connectivity index (χ4n) is 2.84. The highest BCUT2D eigenvalue weighted by Crippen LogP contribution is 2.20. The van der Waals surface area contributed by atoms with Crippen LogP contribution < -0.4 is 4.72 Å². The second kappa shape index (κ2) is 8.62. The van der Waals surface area contributed by atoms with Gasteiger partial charge in [-0.1, -0.05) is 30.3 Å². The first-order chi connectivity index (χ1) is 14.2. The molecule has 0 atom stereocenters. The number of aryl methyl sites for hydroxylation is 1. The summed E-state index contributed by atoms with van der Waals surface area (Å²) in [7, 11) is -2.51. The summed E-state index contributed by atoms with van der Waals surface area (Å²) in [6, 6.07) is 15.7. The third-order valence-electron chi connectivity index (χ3n) is 4.53. The molecule has 1 amide bonds. The molecule has 0 aliphatic rings. The van der Waals surface area contributed by atoms with Crippen LogP contribution in [-0.2, 0) is 16.6 Å². The molecule has 0 heterocycles. The van der Waals surface area contributed by atoms with Gasteiger partial charge in [0, 0.05) is 30.4 Å². The minimum absolute atomic E-state index is 0.0596. The molecule has 0 saturated carbocycles. The Bertz CT molecular complexity index is 1200. The summed E-state index contributed by atoms with van der Waals surface area (Å²) in [6.45, 7) is 1.59. The maximum absolute atomic E-state index is 13.8. The maximum Gasteiger partial charge on any atom is 0.261 e. The van der Waals surface area contributed by atoms with Crippen LogP contribution in [0, 0.1) is 18.6 Å². The van der Waals surface area contributed by atoms with Crippen molar-refractivity contribution in [1.82, 2.24) is 4.90 Å². The number of hydrogen-bond donors (Lipinski definition) is 1. The second-order valence-corrected chi connectivity index (χ2v) is 8.53. The molecule has 0 saturated heterocycles. The van der Waals surface area contributed by atoms with Crippen LogP contribution in [0.2, 0.25) is 0 Å². The average Bonchev–Trinajstić information content (AvgIpc) is 2.71. The van der Waals surface area contributed by atoms with Crippen LogP contribution in [0.4, 0.5) is 14.5 Å². The van der Waals surface area contributed by atoms with Crippen LogP contribution in [0.1, 0.15) is 21.5 Å². The predicted octanol–water partition coefficient (Wildman–Crippen LogP) is 4.35. The molecule has 0 bridgehead atoms. The molecule has 156 valence electrons. The van der Waals surface area contributed by atoms with E-state index in [0.29, 0.717) is 11.1 Å². The minimum Gasteiger partial charge on any atom is -0.337 e. The zero-order chi connectivity index (χ0) is 21.9. The average molecular weight is 430 g/mol. The molecule has 1 N–H and O–H groups in total. The van der Waals surface area contributed by atoms with Gasteiger partial charge < -0.3 is 4.90 Å². The molecule has 0 fully saturated rings. The van der Waals surface area contributed by atoms with Crippen molar-refractivity contribution in [2.75, 3.05) is 11.8 Å². The molecule has 3 rings (SSSR count). The Morgan fingerprint density at radius 1 is 0.967 bits per heavy atom. The Morgan fingerprint density at radius 2 is 1.70 bits per heavy atom. The molecule has 0 aliphatic carbocycles. The molecule has 0 spiro atoms. The van der Waals surface area contributed by atoms with Gasteiger partial charge in [-0.3, -0.25) is 9.52 Å². The standard InChI is InChI=1S/C22H20F2N2O3S/c1-15-10-11-19(13-21(15)24)30(28,29)25-18-8-5-7-16(12-18)22(27)26(2)14-17-6-3-4-9-20(17)23/h3-13,25H,14H2,1-2H3. The third-order valence-corrected chi connectivity index (χ3v) is 5.91. The first-order valence-corrected chi connectivity index (χ1v) is 10.5. The third kappa shape index (κ3) is 4.83. The van der Waals surface area contributed by atoms with Crippen LogP contribution in [0.25, 0.3) is 0 Å². The zero-order valence-corrected chi connectivity index (χ0v) is 17.2. The van der Waals surface area contributed by atoms with Gasteiger partial charge in [-0.2, -0.15) is 0 Å². The second-order valence-electron chi connectivity index (χ2n) is 6.85. The van der Waals surface area contributed by atoms with Gasteiger partial charge in [0.2, 0.25) is 0 Å². The lowest BCUT2D eigenvalue weighted by atomic mass is 10.1. The van der Waals surface area contributed by atoms with E-state index in [-0.39, 0.29) is 22.7 Å². The van der Waals surface area contributed by atoms with Gasteiger partial charge >= 0.3 is 0 Å². The van der Waals surface area contributed by atoms with Crippen molar-refractivity contribution in [3.63, 3.8) is 0 Å². The molecule has 0 unspecified atom stereocenters. The van der Waals surface area contributed by atoms with Gasteiger partial charge in [0.25, 0.3) is 15.9 Å². The molecular weight excluding hydrogens is 410 g/mol. The smallest absolute Gasteiger partial charge is 0.261 e. The summed E-state index contributed by atoms with van der Waals surface area (Å²) < 4.78 is 55.0. The Kier molecular flexibility index (Phi) is 6.17. The van der Waals surface area contributed by atoms with E-state index in [0.717, 1.165) is 6.07 Å². The highest BCUT2D eigenvalue weighted by Gasteiger charge is 2.18. The van der Waals surface area contributed by atoms with E-state index in [1.807, 2.05) is 0 Å². The van der Waals surface area contributed by atoms with Crippen LogP contribution in [0.5, 0.6) is 0 Å². The molecule has 0 aromatic heterocycles. The van der Waals surface area contributed by atoms with Gasteiger partial charge in [0.15, 0.2) is 0 Å². The van der Waals surface area contributed by atoms with E-state index >= 15 is 0 Å². The number of carbonyl (C=O) groups is 1. The van der Waals surface area contributed by atoms with Crippen LogP contribution in [0.3, 0.4) is 0 Å². The number of amides is 1. The van der Waals surface area contributed by atoms with E-state index in [2.05, 4.69) is 4.72 Å². The molecule has 8 heteroatoms. The van der Waals surface area contributed by atoms with Gasteiger partial charge in [-0.15, -0.1) is 0 Å². The lowest BCUT2D eigenvalue weighted by Crippen LogP contribution is -2.26. The lowest BCUT2D eigenvalue weighted by Gasteiger charge is -2.18. The summed E-state index contributed by atoms with van der Waals surface area (Å²) in [5, 5.41) is 0. The van der Waals surface area contributed by atoms with Crippen LogP contribution in [-0.4, -0.2) is 26.3 Å². The topological polar surface area (TPSA) is 66.5 Å². The normalized spacial score (nSPS) is 11.2. The van der Waals surface area contributed by atoms with Crippen LogP contribution in [0.15, 0.2) is 71.6 Å². The Hall–Kier alpha value is -3.26. The molecule has 3 aromatic carbocycles. The Labute approximate surface area is 174 Å². The molecule has 5 nitrogen and oxygen atoms in total. The van der Waals surface area contributed by atoms with Crippen molar-refractivity contribution in [3.8, 4) is 0 Å². The predicted molar refractivity (Wildman–Crippen MR) is 111 cm³/mol. The highest BCUT2D eigenvalue weighted by molar-refractivity contribution is 7.92. The molecular formula is C22H20F2N2O3S. The van der Waals surface area contributed by atoms with Crippen molar-refractivity contribution < 1.29 is 22.0 Å². The summed E-state index contributed by atoms with van der Waals surface area (Å²) in [4.78, 5) is 13.8. The Balaban J connectivity index is 1.79. The van der Waals surface area contributed by atoms with Gasteiger partial charge in [0.05, 0.1) is 4.90 Å². The fraction of sp³-hybridized carbons (Fsp3) is 0.136. The van der Waals surface area contributed by atoms with Crippen molar-refractivity contribution in [2.45, 2.75) is 18.4 Å². The monoisotopic (exact) mass is 430 g/mol. The van der Waals surface area contributed by atoms with Crippen molar-refractivity contribution in [3.05, 3.63) is 95.1 Å². The number of hydrogen-bond acceptors (Lipinski definition) is 3. The number of sulfonamides is 1. The number of carbonyl (C=O) groups excluding carboxylic acids is 1. The number of nitrogens with zero attached hydrogens (tertiary/aromatic N) is 1. The highest BCUT2D eigenvalue weighted by atomic mass is 32.2. The lowest BCUT2D eigenvalue weighted by molar-refractivity contribution is 0.0784. The number of nitrogens with one attached hydrogen (secondary N) is 1. The molecule has 0 radical (unpaired) electrons. The Morgan fingerprint density at radius 3 is 2.40 bits per heavy atom. The van der Waals surface area contributed by atoms with Crippen molar-refractivity contribution in [2.24, 2.45) is 0 Å². The minimum atomic E-state index is -4.03. The van der Waals surface area contributed by atoms with Crippen molar-refractivity contribution in [1.29, 1.82) is 0 Å². The first-order valence-electron chi connectivity index (χ1n) is 9.05. The largest absolute Gasteiger partial charge is 0.337 e. The van der Waals surface area contributed by atoms with E-state index in [1.165, 1.54) is 61.3 Å². The van der Waals surface area contributed by atoms with E-state index in [9.17, 15) is 22.0 Å². The van der Waals surface area contributed by atoms with E-state index in [1.54, 1.807) is 18.2 Å². The first kappa shape index (κ1) is 21.4. The number of anilines is 1. The molecule has 30 heavy (non-hydrogen) atoms. The summed E-state index contributed by atoms with van der Waals surface area (Å²) >= 11 is 0. The van der Waals surface area contributed by atoms with Gasteiger partial charge in [-0.05, 0) is 48.9 Å². The number of halogens is 2. The van der Waals surface area contributed by atoms with Crippen LogP contribution >= 0.6 is 0 Å². The number of rotatable bonds is 6. The van der Waals surface area contributed by atoms with E-state index in [4.69, 9.17) is 0 Å². The number of benzene rings is 3. The van der Waals surface area contributed by atoms with E-state index < -0.39 is 27.6 Å². The fourth-order valence-corrected chi connectivity index (χ4v) is 3.91. The summed E-state index contributed by atoms with van der Waals surface area (Å²) in [5.74, 6) is -1.44. The summed E-state index contributed by atoms with van der Waals surface area (Å²) in [6.07, 6.45) is 0. The molecule has 0 aliphatic heterocycles. The summed E-state index contributed by atoms with van der Waals surface area (Å²) in [5.41, 5.74) is 1.08. The molecule has 3 aromatic rings. The maximum atomic E-state index is 13.8. The zero-order valence-electron chi connectivity index (χ0n) is 16.4. The van der Waals surface area contributed by atoms with Gasteiger partial charge in [-0.25, -0.2) is 17.2 Å². The SMILES string of the molecule is Cc1ccc(S(=O)(=O)Nc2cccc(C(=O)N(C)Cc3ccccc3F)c2)cc1F. The van der Waals surface area contributed by atoms with Crippen molar-refractivity contribution >= 4 is 21.6 Å². The van der Waals surface area contributed by atoms with Gasteiger partial charge in [0.1, 0.15) is 11.6 Å².